The van der Waals surface area contributed by atoms with Gasteiger partial charge in [0, 0.05) is 10.4 Å². The zero-order chi connectivity index (χ0) is 13.1. The third kappa shape index (κ3) is 2.39. The average Bonchev–Trinajstić information content (AvgIpc) is 3.05. The van der Waals surface area contributed by atoms with E-state index in [1.807, 2.05) is 30.6 Å². The van der Waals surface area contributed by atoms with Gasteiger partial charge in [0.25, 0.3) is 0 Å². The molecule has 0 saturated carbocycles. The first-order valence-electron chi connectivity index (χ1n) is 6.03. The van der Waals surface area contributed by atoms with E-state index >= 15 is 0 Å². The quantitative estimate of drug-likeness (QED) is 0.725. The van der Waals surface area contributed by atoms with Crippen molar-refractivity contribution in [2.24, 2.45) is 5.73 Å². The molecule has 0 bridgehead atoms. The number of nitrogens with two attached hydrogens (primary N) is 1. The van der Waals surface area contributed by atoms with E-state index in [1.165, 1.54) is 4.88 Å². The van der Waals surface area contributed by atoms with Crippen LogP contribution in [0.5, 0.6) is 0 Å². The van der Waals surface area contributed by atoms with Gasteiger partial charge in [-0.1, -0.05) is 24.0 Å². The lowest BCUT2D eigenvalue weighted by Gasteiger charge is -2.02. The molecule has 0 aliphatic heterocycles. The minimum Gasteiger partial charge on any atom is -0.325 e. The number of aromatic nitrogens is 2. The van der Waals surface area contributed by atoms with Crippen LogP contribution in [-0.4, -0.2) is 16.1 Å². The second-order valence-corrected chi connectivity index (χ2v) is 5.13. The van der Waals surface area contributed by atoms with Crippen molar-refractivity contribution in [1.29, 1.82) is 0 Å². The SMILES string of the molecule is NCC#Cc1ccsc1Cn1cnc2ccccc21. The van der Waals surface area contributed by atoms with Gasteiger partial charge >= 0.3 is 0 Å². The summed E-state index contributed by atoms with van der Waals surface area (Å²) in [7, 11) is 0. The van der Waals surface area contributed by atoms with E-state index in [0.29, 0.717) is 6.54 Å². The van der Waals surface area contributed by atoms with E-state index in [2.05, 4.69) is 32.8 Å². The molecule has 3 nitrogen and oxygen atoms in total. The highest BCUT2D eigenvalue weighted by molar-refractivity contribution is 7.10. The Kier molecular flexibility index (Phi) is 3.32. The lowest BCUT2D eigenvalue weighted by molar-refractivity contribution is 0.836. The van der Waals surface area contributed by atoms with Crippen LogP contribution in [0.4, 0.5) is 0 Å². The Labute approximate surface area is 115 Å². The maximum absolute atomic E-state index is 5.42. The third-order valence-corrected chi connectivity index (χ3v) is 3.82. The molecule has 2 N–H and O–H groups in total. The molecule has 4 heteroatoms. The van der Waals surface area contributed by atoms with Crippen LogP contribution in [0, 0.1) is 11.8 Å². The summed E-state index contributed by atoms with van der Waals surface area (Å²) in [4.78, 5) is 5.64. The predicted octanol–water partition coefficient (Wildman–Crippen LogP) is 2.46. The van der Waals surface area contributed by atoms with Crippen molar-refractivity contribution in [2.75, 3.05) is 6.54 Å². The molecule has 0 atom stereocenters. The molecular formula is C15H13N3S. The van der Waals surface area contributed by atoms with Gasteiger partial charge in [-0.3, -0.25) is 0 Å². The van der Waals surface area contributed by atoms with Crippen molar-refractivity contribution < 1.29 is 0 Å². The summed E-state index contributed by atoms with van der Waals surface area (Å²) >= 11 is 1.71. The number of rotatable bonds is 2. The van der Waals surface area contributed by atoms with Gasteiger partial charge in [0.05, 0.1) is 30.5 Å². The van der Waals surface area contributed by atoms with Crippen molar-refractivity contribution in [3.05, 3.63) is 52.5 Å². The number of para-hydroxylation sites is 2. The minimum absolute atomic E-state index is 0.392. The van der Waals surface area contributed by atoms with Gasteiger partial charge in [0.1, 0.15) is 0 Å². The molecule has 3 rings (SSSR count). The molecule has 2 heterocycles. The largest absolute Gasteiger partial charge is 0.325 e. The number of nitrogens with zero attached hydrogens (tertiary/aromatic N) is 2. The first-order valence-corrected chi connectivity index (χ1v) is 6.91. The van der Waals surface area contributed by atoms with Gasteiger partial charge in [-0.25, -0.2) is 4.98 Å². The zero-order valence-electron chi connectivity index (χ0n) is 10.3. The average molecular weight is 267 g/mol. The fourth-order valence-corrected chi connectivity index (χ4v) is 2.84. The minimum atomic E-state index is 0.392. The van der Waals surface area contributed by atoms with Crippen molar-refractivity contribution >= 4 is 22.4 Å². The van der Waals surface area contributed by atoms with Crippen LogP contribution < -0.4 is 5.73 Å². The molecule has 0 saturated heterocycles. The van der Waals surface area contributed by atoms with E-state index < -0.39 is 0 Å². The van der Waals surface area contributed by atoms with Gasteiger partial charge in [-0.15, -0.1) is 11.3 Å². The highest BCUT2D eigenvalue weighted by Gasteiger charge is 2.06. The van der Waals surface area contributed by atoms with E-state index in [4.69, 9.17) is 5.73 Å². The first kappa shape index (κ1) is 12.0. The van der Waals surface area contributed by atoms with E-state index in [-0.39, 0.29) is 0 Å². The molecule has 0 amide bonds. The number of imidazole rings is 1. The monoisotopic (exact) mass is 267 g/mol. The number of thiophene rings is 1. The van der Waals surface area contributed by atoms with Gasteiger partial charge in [0.15, 0.2) is 0 Å². The van der Waals surface area contributed by atoms with Crippen LogP contribution in [0.1, 0.15) is 10.4 Å². The topological polar surface area (TPSA) is 43.8 Å². The van der Waals surface area contributed by atoms with Crippen LogP contribution in [0.25, 0.3) is 11.0 Å². The Bertz CT molecular complexity index is 758. The Morgan fingerprint density at radius 3 is 3.05 bits per heavy atom. The van der Waals surface area contributed by atoms with Crippen molar-refractivity contribution in [2.45, 2.75) is 6.54 Å². The standard InChI is InChI=1S/C15H13N3S/c16-8-3-4-12-7-9-19-15(12)10-18-11-17-13-5-1-2-6-14(13)18/h1-2,5-7,9,11H,8,10,16H2. The van der Waals surface area contributed by atoms with Gasteiger partial charge in [-0.2, -0.15) is 0 Å². The molecule has 3 aromatic rings. The number of hydrogen-bond acceptors (Lipinski definition) is 3. The normalized spacial score (nSPS) is 10.4. The Morgan fingerprint density at radius 2 is 2.16 bits per heavy atom. The van der Waals surface area contributed by atoms with E-state index in [9.17, 15) is 0 Å². The smallest absolute Gasteiger partial charge is 0.0961 e. The highest BCUT2D eigenvalue weighted by Crippen LogP contribution is 2.20. The fraction of sp³-hybridized carbons (Fsp3) is 0.133. The maximum Gasteiger partial charge on any atom is 0.0961 e. The summed E-state index contributed by atoms with van der Waals surface area (Å²) in [6.07, 6.45) is 1.88. The summed E-state index contributed by atoms with van der Waals surface area (Å²) in [6.45, 7) is 1.19. The molecule has 0 radical (unpaired) electrons. The molecule has 0 spiro atoms. The highest BCUT2D eigenvalue weighted by atomic mass is 32.1. The van der Waals surface area contributed by atoms with Crippen molar-refractivity contribution in [1.82, 2.24) is 9.55 Å². The van der Waals surface area contributed by atoms with Gasteiger partial charge in [0.2, 0.25) is 0 Å². The van der Waals surface area contributed by atoms with Crippen LogP contribution in [0.3, 0.4) is 0 Å². The lowest BCUT2D eigenvalue weighted by Crippen LogP contribution is -1.98. The summed E-state index contributed by atoms with van der Waals surface area (Å²) in [5.74, 6) is 6.02. The molecule has 19 heavy (non-hydrogen) atoms. The predicted molar refractivity (Wildman–Crippen MR) is 79.1 cm³/mol. The molecule has 1 aromatic carbocycles. The van der Waals surface area contributed by atoms with Crippen LogP contribution in [0.15, 0.2) is 42.0 Å². The first-order chi connectivity index (χ1) is 9.38. The van der Waals surface area contributed by atoms with Crippen molar-refractivity contribution in [3.8, 4) is 11.8 Å². The van der Waals surface area contributed by atoms with Crippen LogP contribution >= 0.6 is 11.3 Å². The molecule has 0 fully saturated rings. The molecular weight excluding hydrogens is 254 g/mol. The Hall–Kier alpha value is -2.09. The van der Waals surface area contributed by atoms with Crippen LogP contribution in [0.2, 0.25) is 0 Å². The maximum atomic E-state index is 5.42. The second kappa shape index (κ2) is 5.27. The second-order valence-electron chi connectivity index (χ2n) is 4.12. The molecule has 0 unspecified atom stereocenters. The van der Waals surface area contributed by atoms with E-state index in [1.54, 1.807) is 11.3 Å². The molecule has 94 valence electrons. The van der Waals surface area contributed by atoms with Crippen molar-refractivity contribution in [3.63, 3.8) is 0 Å². The third-order valence-electron chi connectivity index (χ3n) is 2.91. The lowest BCUT2D eigenvalue weighted by atomic mass is 10.2. The van der Waals surface area contributed by atoms with Gasteiger partial charge < -0.3 is 10.3 Å². The van der Waals surface area contributed by atoms with Crippen LogP contribution in [-0.2, 0) is 6.54 Å². The zero-order valence-corrected chi connectivity index (χ0v) is 11.2. The molecule has 0 aliphatic rings. The Balaban J connectivity index is 1.95. The molecule has 2 aromatic heterocycles. The molecule has 0 aliphatic carbocycles. The number of benzene rings is 1. The van der Waals surface area contributed by atoms with E-state index in [0.717, 1.165) is 23.1 Å². The Morgan fingerprint density at radius 1 is 1.26 bits per heavy atom. The van der Waals surface area contributed by atoms with Gasteiger partial charge in [-0.05, 0) is 23.6 Å². The summed E-state index contributed by atoms with van der Waals surface area (Å²) in [6, 6.07) is 10.2. The summed E-state index contributed by atoms with van der Waals surface area (Å²) in [5, 5.41) is 2.06. The number of fused-ring (bicyclic) bond motifs is 1. The summed E-state index contributed by atoms with van der Waals surface area (Å²) in [5.41, 5.74) is 8.65. The fourth-order valence-electron chi connectivity index (χ4n) is 2.01. The number of hydrogen-bond donors (Lipinski definition) is 1. The summed E-state index contributed by atoms with van der Waals surface area (Å²) < 4.78 is 2.15.